The molecule has 13 rings (SSSR count). The van der Waals surface area contributed by atoms with Crippen molar-refractivity contribution in [2.24, 2.45) is 0 Å². The minimum absolute atomic E-state index is 0.645. The Balaban J connectivity index is 0.856. The molecule has 0 atom stereocenters. The molecule has 1 aliphatic carbocycles. The number of allylic oxidation sites excluding steroid dienone is 4. The van der Waals surface area contributed by atoms with Crippen molar-refractivity contribution in [2.45, 2.75) is 12.8 Å². The molecule has 0 unspecified atom stereocenters. The Bertz CT molecular complexity index is 3870. The zero-order chi connectivity index (χ0) is 42.8. The van der Waals surface area contributed by atoms with Gasteiger partial charge in [0.2, 0.25) is 0 Å². The van der Waals surface area contributed by atoms with Crippen molar-refractivity contribution in [3.8, 4) is 45.3 Å². The van der Waals surface area contributed by atoms with Gasteiger partial charge in [-0.05, 0) is 114 Å². The van der Waals surface area contributed by atoms with E-state index in [1.165, 1.54) is 74.8 Å². The summed E-state index contributed by atoms with van der Waals surface area (Å²) in [5.74, 6) is 1.95. The molecule has 304 valence electrons. The van der Waals surface area contributed by atoms with Gasteiger partial charge in [0.25, 0.3) is 0 Å². The minimum Gasteiger partial charge on any atom is -0.208 e. The summed E-state index contributed by atoms with van der Waals surface area (Å²) in [6, 6.07) is 72.1. The van der Waals surface area contributed by atoms with Crippen molar-refractivity contribution >= 4 is 85.7 Å². The lowest BCUT2D eigenvalue weighted by Crippen LogP contribution is -2.00. The van der Waals surface area contributed by atoms with Crippen LogP contribution in [0.4, 0.5) is 0 Å². The molecule has 0 fully saturated rings. The first-order valence-corrected chi connectivity index (χ1v) is 23.1. The van der Waals surface area contributed by atoms with Crippen LogP contribution in [-0.4, -0.2) is 15.0 Å². The van der Waals surface area contributed by atoms with Crippen LogP contribution >= 0.6 is 11.3 Å². The quantitative estimate of drug-likeness (QED) is 0.157. The molecule has 0 spiro atoms. The fraction of sp³-hybridized carbons (Fsp3) is 0.0328. The lowest BCUT2D eigenvalue weighted by Gasteiger charge is -2.16. The topological polar surface area (TPSA) is 38.7 Å². The average molecular weight is 846 g/mol. The number of hydrogen-bond donors (Lipinski definition) is 0. The molecule has 0 saturated heterocycles. The molecule has 0 amide bonds. The maximum absolute atomic E-state index is 5.15. The zero-order valence-corrected chi connectivity index (χ0v) is 36.2. The Morgan fingerprint density at radius 2 is 0.862 bits per heavy atom. The second-order valence-corrected chi connectivity index (χ2v) is 18.1. The van der Waals surface area contributed by atoms with Crippen LogP contribution in [0, 0.1) is 0 Å². The van der Waals surface area contributed by atoms with Crippen LogP contribution in [0.15, 0.2) is 212 Å². The van der Waals surface area contributed by atoms with E-state index in [4.69, 9.17) is 15.0 Å². The van der Waals surface area contributed by atoms with Crippen molar-refractivity contribution in [1.29, 1.82) is 0 Å². The number of nitrogens with zero attached hydrogens (tertiary/aromatic N) is 3. The summed E-state index contributed by atoms with van der Waals surface area (Å²) >= 11 is 1.92. The standard InChI is InChI=1S/C61H39N3S/c1-3-14-40-34-49(28-26-38(40)12-1)60-62-59(63-61(64-60)50-29-27-39-13-2-4-15-41(39)35-50)48-21-11-20-46(36-48)44-18-9-16-42(32-44)43-17-10-19-45(33-43)47-30-31-55-56(37-47)65-58-54-25-8-6-23-52(54)51-22-5-7-24-53(51)57(55)58/h1-9,11-16,18-37H,10,17H2. The summed E-state index contributed by atoms with van der Waals surface area (Å²) in [5.41, 5.74) is 10.3. The average Bonchev–Trinajstić information content (AvgIpc) is 3.78. The molecule has 3 nitrogen and oxygen atoms in total. The summed E-state index contributed by atoms with van der Waals surface area (Å²) in [6.07, 6.45) is 6.81. The van der Waals surface area contributed by atoms with Gasteiger partial charge in [-0.2, -0.15) is 0 Å². The third-order valence-corrected chi connectivity index (χ3v) is 14.3. The van der Waals surface area contributed by atoms with Gasteiger partial charge in [0.05, 0.1) is 0 Å². The first-order chi connectivity index (χ1) is 32.2. The third-order valence-electron chi connectivity index (χ3n) is 13.1. The second-order valence-electron chi connectivity index (χ2n) is 17.1. The van der Waals surface area contributed by atoms with Crippen molar-refractivity contribution in [1.82, 2.24) is 15.0 Å². The molecule has 12 aromatic rings. The van der Waals surface area contributed by atoms with E-state index in [1.807, 2.05) is 11.3 Å². The minimum atomic E-state index is 0.645. The molecule has 0 saturated carbocycles. The number of benzene rings is 10. The van der Waals surface area contributed by atoms with Gasteiger partial charge in [0.15, 0.2) is 17.5 Å². The lowest BCUT2D eigenvalue weighted by molar-refractivity contribution is 1.06. The van der Waals surface area contributed by atoms with Crippen LogP contribution < -0.4 is 0 Å². The lowest BCUT2D eigenvalue weighted by atomic mass is 9.89. The predicted molar refractivity (Wildman–Crippen MR) is 276 cm³/mol. The van der Waals surface area contributed by atoms with Gasteiger partial charge in [0, 0.05) is 42.2 Å². The van der Waals surface area contributed by atoms with E-state index in [9.17, 15) is 0 Å². The molecule has 0 N–H and O–H groups in total. The van der Waals surface area contributed by atoms with Gasteiger partial charge in [0.1, 0.15) is 0 Å². The Hall–Kier alpha value is -8.05. The van der Waals surface area contributed by atoms with E-state index in [0.717, 1.165) is 51.4 Å². The molecular weight excluding hydrogens is 807 g/mol. The normalized spacial score (nSPS) is 13.0. The van der Waals surface area contributed by atoms with Crippen molar-refractivity contribution < 1.29 is 0 Å². The Morgan fingerprint density at radius 3 is 1.52 bits per heavy atom. The summed E-state index contributed by atoms with van der Waals surface area (Å²) in [4.78, 5) is 15.4. The van der Waals surface area contributed by atoms with Crippen LogP contribution in [0.25, 0.3) is 120 Å². The second kappa shape index (κ2) is 15.3. The van der Waals surface area contributed by atoms with Crippen LogP contribution in [0.2, 0.25) is 0 Å². The Labute approximate surface area is 380 Å². The van der Waals surface area contributed by atoms with Gasteiger partial charge in [-0.1, -0.05) is 182 Å². The largest absolute Gasteiger partial charge is 0.208 e. The van der Waals surface area contributed by atoms with Crippen LogP contribution in [0.3, 0.4) is 0 Å². The highest BCUT2D eigenvalue weighted by atomic mass is 32.1. The van der Waals surface area contributed by atoms with Gasteiger partial charge in [-0.15, -0.1) is 11.3 Å². The van der Waals surface area contributed by atoms with E-state index >= 15 is 0 Å². The maximum atomic E-state index is 5.15. The highest BCUT2D eigenvalue weighted by molar-refractivity contribution is 7.27. The molecule has 2 aromatic heterocycles. The van der Waals surface area contributed by atoms with E-state index < -0.39 is 0 Å². The molecular formula is C61H39N3S. The summed E-state index contributed by atoms with van der Waals surface area (Å²) in [5, 5.41) is 12.7. The maximum Gasteiger partial charge on any atom is 0.164 e. The number of rotatable bonds is 6. The van der Waals surface area contributed by atoms with Gasteiger partial charge in [-0.25, -0.2) is 15.0 Å². The third kappa shape index (κ3) is 6.61. The van der Waals surface area contributed by atoms with E-state index in [-0.39, 0.29) is 0 Å². The number of fused-ring (bicyclic) bond motifs is 10. The van der Waals surface area contributed by atoms with E-state index in [2.05, 4.69) is 212 Å². The zero-order valence-electron chi connectivity index (χ0n) is 35.4. The Morgan fingerprint density at radius 1 is 0.354 bits per heavy atom. The fourth-order valence-corrected chi connectivity index (χ4v) is 11.2. The monoisotopic (exact) mass is 845 g/mol. The van der Waals surface area contributed by atoms with Crippen LogP contribution in [0.5, 0.6) is 0 Å². The number of aromatic nitrogens is 3. The first kappa shape index (κ1) is 37.5. The van der Waals surface area contributed by atoms with Crippen LogP contribution in [-0.2, 0) is 0 Å². The summed E-state index contributed by atoms with van der Waals surface area (Å²) in [6.45, 7) is 0. The smallest absolute Gasteiger partial charge is 0.164 e. The molecule has 10 aromatic carbocycles. The van der Waals surface area contributed by atoms with E-state index in [1.54, 1.807) is 0 Å². The SMILES string of the molecule is C1=C(c2ccc3c(c2)sc2c4ccccc4c4ccccc4c32)C=C(c2cccc(-c3cccc(-c4nc(-c5ccc6ccccc6c5)nc(-c5ccc6ccccc6c5)n4)c3)c2)CC1. The molecule has 4 heteroatoms. The van der Waals surface area contributed by atoms with E-state index in [0.29, 0.717) is 17.5 Å². The fourth-order valence-electron chi connectivity index (χ4n) is 9.87. The molecule has 65 heavy (non-hydrogen) atoms. The van der Waals surface area contributed by atoms with Gasteiger partial charge in [-0.3, -0.25) is 0 Å². The summed E-state index contributed by atoms with van der Waals surface area (Å²) < 4.78 is 2.70. The predicted octanol–water partition coefficient (Wildman–Crippen LogP) is 16.8. The van der Waals surface area contributed by atoms with Crippen molar-refractivity contribution in [3.05, 3.63) is 223 Å². The number of hydrogen-bond acceptors (Lipinski definition) is 4. The van der Waals surface area contributed by atoms with Crippen LogP contribution in [0.1, 0.15) is 24.0 Å². The molecule has 1 aliphatic rings. The highest BCUT2D eigenvalue weighted by Crippen LogP contribution is 2.45. The highest BCUT2D eigenvalue weighted by Gasteiger charge is 2.18. The van der Waals surface area contributed by atoms with Gasteiger partial charge >= 0.3 is 0 Å². The molecule has 0 aliphatic heterocycles. The Kier molecular flexibility index (Phi) is 8.85. The number of thiophene rings is 1. The molecule has 0 bridgehead atoms. The summed E-state index contributed by atoms with van der Waals surface area (Å²) in [7, 11) is 0. The molecule has 0 radical (unpaired) electrons. The first-order valence-electron chi connectivity index (χ1n) is 22.3. The van der Waals surface area contributed by atoms with Gasteiger partial charge < -0.3 is 0 Å². The van der Waals surface area contributed by atoms with Crippen molar-refractivity contribution in [3.63, 3.8) is 0 Å². The van der Waals surface area contributed by atoms with Crippen molar-refractivity contribution in [2.75, 3.05) is 0 Å². The molecule has 2 heterocycles.